The van der Waals surface area contributed by atoms with Gasteiger partial charge < -0.3 is 10.6 Å². The molecule has 1 aliphatic heterocycles. The molecule has 7 heteroatoms. The first-order valence-electron chi connectivity index (χ1n) is 8.71. The zero-order valence-corrected chi connectivity index (χ0v) is 15.2. The summed E-state index contributed by atoms with van der Waals surface area (Å²) in [4.78, 5) is 39.5. The Hall–Kier alpha value is -2.51. The number of amides is 2. The summed E-state index contributed by atoms with van der Waals surface area (Å²) in [5.41, 5.74) is 1.20. The molecular weight excluding hydrogens is 332 g/mol. The number of hydrogen-bond acceptors (Lipinski definition) is 5. The van der Waals surface area contributed by atoms with Gasteiger partial charge in [-0.05, 0) is 19.1 Å². The number of carbonyl (C=O) groups excluding carboxylic acids is 3. The Morgan fingerprint density at radius 1 is 1.08 bits per heavy atom. The van der Waals surface area contributed by atoms with Gasteiger partial charge in [0.15, 0.2) is 5.78 Å². The second-order valence-corrected chi connectivity index (χ2v) is 6.33. The molecule has 0 unspecified atom stereocenters. The van der Waals surface area contributed by atoms with Crippen LogP contribution in [0.3, 0.4) is 0 Å². The number of anilines is 1. The Bertz CT molecular complexity index is 667. The highest BCUT2D eigenvalue weighted by molar-refractivity contribution is 5.97. The van der Waals surface area contributed by atoms with Gasteiger partial charge in [0, 0.05) is 44.0 Å². The molecule has 1 aromatic rings. The van der Waals surface area contributed by atoms with Crippen LogP contribution in [-0.2, 0) is 9.59 Å². The van der Waals surface area contributed by atoms with Crippen LogP contribution >= 0.6 is 0 Å². The maximum atomic E-state index is 12.2. The van der Waals surface area contributed by atoms with Crippen LogP contribution in [0.1, 0.15) is 17.3 Å². The van der Waals surface area contributed by atoms with Gasteiger partial charge in [-0.15, -0.1) is 6.58 Å². The Balaban J connectivity index is 1.74. The molecule has 0 saturated carbocycles. The van der Waals surface area contributed by atoms with Gasteiger partial charge in [-0.3, -0.25) is 24.2 Å². The van der Waals surface area contributed by atoms with E-state index in [0.717, 1.165) is 26.2 Å². The van der Waals surface area contributed by atoms with Crippen molar-refractivity contribution in [2.75, 3.05) is 51.1 Å². The van der Waals surface area contributed by atoms with Crippen LogP contribution in [0.2, 0.25) is 0 Å². The minimum Gasteiger partial charge on any atom is -0.352 e. The minimum atomic E-state index is -0.108. The van der Waals surface area contributed by atoms with E-state index in [-0.39, 0.29) is 17.6 Å². The number of piperazine rings is 1. The number of ketones is 1. The molecule has 0 aliphatic carbocycles. The maximum Gasteiger partial charge on any atom is 0.238 e. The molecule has 0 radical (unpaired) electrons. The van der Waals surface area contributed by atoms with E-state index < -0.39 is 0 Å². The second kappa shape index (κ2) is 9.84. The summed E-state index contributed by atoms with van der Waals surface area (Å²) < 4.78 is 0. The van der Waals surface area contributed by atoms with E-state index in [9.17, 15) is 14.4 Å². The third kappa shape index (κ3) is 6.42. The van der Waals surface area contributed by atoms with E-state index in [4.69, 9.17) is 0 Å². The van der Waals surface area contributed by atoms with Crippen LogP contribution in [0, 0.1) is 0 Å². The third-order valence-corrected chi connectivity index (χ3v) is 4.20. The molecular formula is C19H26N4O3. The molecule has 7 nitrogen and oxygen atoms in total. The molecule has 0 bridgehead atoms. The lowest BCUT2D eigenvalue weighted by Crippen LogP contribution is -2.51. The highest BCUT2D eigenvalue weighted by atomic mass is 16.2. The Labute approximate surface area is 154 Å². The summed E-state index contributed by atoms with van der Waals surface area (Å²) in [7, 11) is 0. The van der Waals surface area contributed by atoms with E-state index in [1.807, 2.05) is 0 Å². The van der Waals surface area contributed by atoms with E-state index in [1.165, 1.54) is 6.92 Å². The van der Waals surface area contributed by atoms with Crippen molar-refractivity contribution in [3.05, 3.63) is 42.5 Å². The van der Waals surface area contributed by atoms with Gasteiger partial charge in [-0.2, -0.15) is 0 Å². The molecule has 140 valence electrons. The maximum absolute atomic E-state index is 12.2. The highest BCUT2D eigenvalue weighted by Crippen LogP contribution is 2.11. The van der Waals surface area contributed by atoms with Crippen molar-refractivity contribution in [3.8, 4) is 0 Å². The molecule has 2 N–H and O–H groups in total. The SMILES string of the molecule is C=CCNC(=O)CN1CCN(CC(=O)Nc2cccc(C(C)=O)c2)CC1. The van der Waals surface area contributed by atoms with E-state index >= 15 is 0 Å². The highest BCUT2D eigenvalue weighted by Gasteiger charge is 2.20. The second-order valence-electron chi connectivity index (χ2n) is 6.33. The lowest BCUT2D eigenvalue weighted by molar-refractivity contribution is -0.123. The van der Waals surface area contributed by atoms with E-state index in [1.54, 1.807) is 30.3 Å². The standard InChI is InChI=1S/C19H26N4O3/c1-3-7-20-18(25)13-22-8-10-23(11-9-22)14-19(26)21-17-6-4-5-16(12-17)15(2)24/h3-6,12H,1,7-11,13-14H2,2H3,(H,20,25)(H,21,26). The van der Waals surface area contributed by atoms with Gasteiger partial charge >= 0.3 is 0 Å². The van der Waals surface area contributed by atoms with Gasteiger partial charge in [-0.25, -0.2) is 0 Å². The van der Waals surface area contributed by atoms with Crippen molar-refractivity contribution in [1.29, 1.82) is 0 Å². The molecule has 0 spiro atoms. The molecule has 2 amide bonds. The van der Waals surface area contributed by atoms with Crippen LogP contribution < -0.4 is 10.6 Å². The summed E-state index contributed by atoms with van der Waals surface area (Å²) in [6, 6.07) is 6.93. The molecule has 1 heterocycles. The summed E-state index contributed by atoms with van der Waals surface area (Å²) in [6.45, 7) is 9.16. The first kappa shape index (κ1) is 19.8. The summed E-state index contributed by atoms with van der Waals surface area (Å²) in [5, 5.41) is 5.59. The number of benzene rings is 1. The molecule has 1 fully saturated rings. The lowest BCUT2D eigenvalue weighted by atomic mass is 10.1. The zero-order valence-electron chi connectivity index (χ0n) is 15.2. The van der Waals surface area contributed by atoms with Crippen molar-refractivity contribution >= 4 is 23.3 Å². The molecule has 1 aromatic carbocycles. The van der Waals surface area contributed by atoms with Crippen molar-refractivity contribution in [3.63, 3.8) is 0 Å². The molecule has 0 atom stereocenters. The Kier molecular flexibility index (Phi) is 7.50. The quantitative estimate of drug-likeness (QED) is 0.529. The predicted octanol–water partition coefficient (Wildman–Crippen LogP) is 0.748. The molecule has 1 saturated heterocycles. The molecule has 0 aromatic heterocycles. The average Bonchev–Trinajstić information content (AvgIpc) is 2.61. The third-order valence-electron chi connectivity index (χ3n) is 4.20. The predicted molar refractivity (Wildman–Crippen MR) is 101 cm³/mol. The van der Waals surface area contributed by atoms with Crippen LogP contribution in [0.15, 0.2) is 36.9 Å². The molecule has 1 aliphatic rings. The van der Waals surface area contributed by atoms with E-state index in [0.29, 0.717) is 30.9 Å². The fraction of sp³-hybridized carbons (Fsp3) is 0.421. The van der Waals surface area contributed by atoms with Crippen molar-refractivity contribution in [2.24, 2.45) is 0 Å². The van der Waals surface area contributed by atoms with Crippen LogP contribution in [0.25, 0.3) is 0 Å². The van der Waals surface area contributed by atoms with E-state index in [2.05, 4.69) is 27.0 Å². The van der Waals surface area contributed by atoms with Crippen LogP contribution in [-0.4, -0.2) is 73.2 Å². The lowest BCUT2D eigenvalue weighted by Gasteiger charge is -2.33. The van der Waals surface area contributed by atoms with Gasteiger partial charge in [-0.1, -0.05) is 18.2 Å². The van der Waals surface area contributed by atoms with Gasteiger partial charge in [0.25, 0.3) is 0 Å². The van der Waals surface area contributed by atoms with Gasteiger partial charge in [0.2, 0.25) is 11.8 Å². The number of hydrogen-bond donors (Lipinski definition) is 2. The van der Waals surface area contributed by atoms with Crippen LogP contribution in [0.5, 0.6) is 0 Å². The Morgan fingerprint density at radius 2 is 1.69 bits per heavy atom. The fourth-order valence-corrected chi connectivity index (χ4v) is 2.77. The minimum absolute atomic E-state index is 0.0125. The Morgan fingerprint density at radius 3 is 2.27 bits per heavy atom. The normalized spacial score (nSPS) is 15.3. The van der Waals surface area contributed by atoms with Crippen molar-refractivity contribution in [1.82, 2.24) is 15.1 Å². The summed E-state index contributed by atoms with van der Waals surface area (Å²) in [6.07, 6.45) is 1.65. The average molecular weight is 358 g/mol. The van der Waals surface area contributed by atoms with Crippen LogP contribution in [0.4, 0.5) is 5.69 Å². The number of nitrogens with zero attached hydrogens (tertiary/aromatic N) is 2. The van der Waals surface area contributed by atoms with Crippen molar-refractivity contribution < 1.29 is 14.4 Å². The van der Waals surface area contributed by atoms with Gasteiger partial charge in [0.05, 0.1) is 13.1 Å². The number of nitrogens with one attached hydrogen (secondary N) is 2. The van der Waals surface area contributed by atoms with Crippen molar-refractivity contribution in [2.45, 2.75) is 6.92 Å². The zero-order chi connectivity index (χ0) is 18.9. The molecule has 26 heavy (non-hydrogen) atoms. The topological polar surface area (TPSA) is 81.8 Å². The smallest absolute Gasteiger partial charge is 0.238 e. The first-order valence-corrected chi connectivity index (χ1v) is 8.71. The fourth-order valence-electron chi connectivity index (χ4n) is 2.77. The number of Topliss-reactive ketones (excluding diaryl/α,β-unsaturated/α-hetero) is 1. The summed E-state index contributed by atoms with van der Waals surface area (Å²) in [5.74, 6) is -0.154. The monoisotopic (exact) mass is 358 g/mol. The molecule has 2 rings (SSSR count). The van der Waals surface area contributed by atoms with Gasteiger partial charge in [0.1, 0.15) is 0 Å². The number of carbonyl (C=O) groups is 3. The largest absolute Gasteiger partial charge is 0.352 e. The number of rotatable bonds is 8. The first-order chi connectivity index (χ1) is 12.5. The summed E-state index contributed by atoms with van der Waals surface area (Å²) >= 11 is 0.